The molecule has 3 aliphatic heterocycles. The Balaban J connectivity index is 1.82. The van der Waals surface area contributed by atoms with Crippen LogP contribution in [0.5, 0.6) is 0 Å². The normalized spacial score (nSPS) is 30.8. The lowest BCUT2D eigenvalue weighted by Gasteiger charge is -2.39. The summed E-state index contributed by atoms with van der Waals surface area (Å²) >= 11 is 6.11. The Morgan fingerprint density at radius 3 is 2.46 bits per heavy atom. The average Bonchev–Trinajstić information content (AvgIpc) is 3.42. The smallest absolute Gasteiger partial charge is 0.253 e. The summed E-state index contributed by atoms with van der Waals surface area (Å²) in [7, 11) is 0. The van der Waals surface area contributed by atoms with Crippen molar-refractivity contribution in [2.75, 3.05) is 37.7 Å². The fourth-order valence-electron chi connectivity index (χ4n) is 7.01. The van der Waals surface area contributed by atoms with E-state index >= 15 is 0 Å². The van der Waals surface area contributed by atoms with Gasteiger partial charge in [0.05, 0.1) is 17.4 Å². The average molecular weight is 558 g/mol. The molecule has 3 heterocycles. The first-order chi connectivity index (χ1) is 18.6. The predicted octanol–water partition coefficient (Wildman–Crippen LogP) is 3.68. The highest BCUT2D eigenvalue weighted by Gasteiger charge is 2.80. The Morgan fingerprint density at radius 1 is 1.21 bits per heavy atom. The van der Waals surface area contributed by atoms with E-state index in [9.17, 15) is 19.5 Å². The molecule has 0 aliphatic carbocycles. The van der Waals surface area contributed by atoms with Gasteiger partial charge in [0, 0.05) is 43.5 Å². The van der Waals surface area contributed by atoms with Gasteiger partial charge in [-0.1, -0.05) is 37.6 Å². The zero-order valence-corrected chi connectivity index (χ0v) is 23.9. The minimum Gasteiger partial charge on any atom is -0.396 e. The third kappa shape index (κ3) is 4.70. The van der Waals surface area contributed by atoms with E-state index < -0.39 is 29.1 Å². The molecule has 3 unspecified atom stereocenters. The van der Waals surface area contributed by atoms with E-state index in [4.69, 9.17) is 16.3 Å². The van der Waals surface area contributed by atoms with Crippen LogP contribution in [0.15, 0.2) is 49.6 Å². The van der Waals surface area contributed by atoms with E-state index in [1.807, 2.05) is 20.8 Å². The number of amides is 3. The van der Waals surface area contributed by atoms with Crippen molar-refractivity contribution in [1.82, 2.24) is 9.80 Å². The number of anilines is 1. The minimum atomic E-state index is -1.16. The summed E-state index contributed by atoms with van der Waals surface area (Å²) in [4.78, 5) is 47.7. The molecule has 1 N–H and O–H groups in total. The van der Waals surface area contributed by atoms with Crippen LogP contribution in [0, 0.1) is 17.8 Å². The van der Waals surface area contributed by atoms with E-state index in [1.165, 1.54) is 0 Å². The molecule has 1 aromatic rings. The summed E-state index contributed by atoms with van der Waals surface area (Å²) in [5.41, 5.74) is -1.43. The number of carbonyl (C=O) groups excluding carboxylic acids is 3. The summed E-state index contributed by atoms with van der Waals surface area (Å²) in [6.07, 6.45) is 4.89. The number of aliphatic hydroxyl groups is 1. The van der Waals surface area contributed by atoms with Crippen LogP contribution in [-0.2, 0) is 19.1 Å². The number of benzene rings is 1. The Kier molecular flexibility index (Phi) is 8.59. The van der Waals surface area contributed by atoms with Crippen molar-refractivity contribution >= 4 is 35.0 Å². The monoisotopic (exact) mass is 557 g/mol. The van der Waals surface area contributed by atoms with Crippen molar-refractivity contribution < 1.29 is 24.2 Å². The van der Waals surface area contributed by atoms with Crippen LogP contribution in [0.4, 0.5) is 5.69 Å². The van der Waals surface area contributed by atoms with Crippen molar-refractivity contribution in [3.8, 4) is 0 Å². The van der Waals surface area contributed by atoms with Crippen LogP contribution in [0.2, 0.25) is 5.02 Å². The topological polar surface area (TPSA) is 90.4 Å². The second-order valence-electron chi connectivity index (χ2n) is 11.1. The van der Waals surface area contributed by atoms with E-state index in [0.29, 0.717) is 36.6 Å². The molecule has 4 rings (SSSR count). The number of nitrogens with zero attached hydrogens (tertiary/aromatic N) is 3. The van der Waals surface area contributed by atoms with Gasteiger partial charge in [0.15, 0.2) is 0 Å². The Morgan fingerprint density at radius 2 is 1.87 bits per heavy atom. The van der Waals surface area contributed by atoms with Gasteiger partial charge in [-0.15, -0.1) is 13.2 Å². The van der Waals surface area contributed by atoms with Crippen LogP contribution in [0.3, 0.4) is 0 Å². The second kappa shape index (κ2) is 11.4. The number of aliphatic hydroxyl groups excluding tert-OH is 1. The van der Waals surface area contributed by atoms with Gasteiger partial charge in [0.25, 0.3) is 5.91 Å². The van der Waals surface area contributed by atoms with E-state index in [-0.39, 0.29) is 43.3 Å². The predicted molar refractivity (Wildman–Crippen MR) is 151 cm³/mol. The molecule has 0 aromatic heterocycles. The Bertz CT molecular complexity index is 1130. The second-order valence-corrected chi connectivity index (χ2v) is 11.5. The molecule has 6 atom stereocenters. The fraction of sp³-hybridized carbons (Fsp3) is 0.567. The summed E-state index contributed by atoms with van der Waals surface area (Å²) in [6.45, 7) is 14.8. The molecule has 1 aromatic carbocycles. The van der Waals surface area contributed by atoms with E-state index in [1.54, 1.807) is 51.1 Å². The number of carbonyl (C=O) groups is 3. The Hall–Kier alpha value is -2.68. The number of hydrogen-bond acceptors (Lipinski definition) is 5. The number of likely N-dealkylation sites (tertiary alicyclic amines) is 1. The quantitative estimate of drug-likeness (QED) is 0.396. The molecule has 3 aliphatic rings. The standard InChI is InChI=1S/C30H40ClN3O5/c1-6-14-32(15-7-2)26(36)23-24-27(37)34(17-9-18-35)25(30(24)19-20(4)29(23,5)39-30)28(38)33(16-8-3)22-12-10-21(31)11-13-22/h6,8,10-13,20,23-25,35H,1,3,7,9,14-19H2,2,4-5H3/t20?,23-,24-,25?,29+,30?/m0/s1. The summed E-state index contributed by atoms with van der Waals surface area (Å²) < 4.78 is 6.83. The molecular formula is C30H40ClN3O5. The van der Waals surface area contributed by atoms with Gasteiger partial charge in [-0.05, 0) is 56.4 Å². The molecule has 2 bridgehead atoms. The largest absolute Gasteiger partial charge is 0.396 e. The number of ether oxygens (including phenoxy) is 1. The van der Waals surface area contributed by atoms with Gasteiger partial charge in [0.1, 0.15) is 11.6 Å². The lowest BCUT2D eigenvalue weighted by molar-refractivity contribution is -0.151. The molecule has 3 amide bonds. The van der Waals surface area contributed by atoms with Crippen LogP contribution >= 0.6 is 11.6 Å². The molecule has 3 fully saturated rings. The van der Waals surface area contributed by atoms with E-state index in [2.05, 4.69) is 13.2 Å². The summed E-state index contributed by atoms with van der Waals surface area (Å²) in [5, 5.41) is 10.2. The molecule has 212 valence electrons. The first-order valence-corrected chi connectivity index (χ1v) is 14.2. The van der Waals surface area contributed by atoms with Crippen LogP contribution in [-0.4, -0.2) is 82.7 Å². The molecule has 0 radical (unpaired) electrons. The molecule has 9 heteroatoms. The van der Waals surface area contributed by atoms with Crippen LogP contribution in [0.1, 0.15) is 40.0 Å². The highest BCUT2D eigenvalue weighted by molar-refractivity contribution is 6.30. The third-order valence-corrected chi connectivity index (χ3v) is 8.99. The van der Waals surface area contributed by atoms with Crippen LogP contribution in [0.25, 0.3) is 0 Å². The summed E-state index contributed by atoms with van der Waals surface area (Å²) in [5.74, 6) is -2.27. The van der Waals surface area contributed by atoms with Crippen molar-refractivity contribution in [2.45, 2.75) is 57.3 Å². The Labute approximate surface area is 236 Å². The van der Waals surface area contributed by atoms with Crippen molar-refractivity contribution in [3.05, 3.63) is 54.6 Å². The van der Waals surface area contributed by atoms with Crippen LogP contribution < -0.4 is 4.90 Å². The van der Waals surface area contributed by atoms with E-state index in [0.717, 1.165) is 6.42 Å². The number of halogens is 1. The van der Waals surface area contributed by atoms with Crippen molar-refractivity contribution in [1.29, 1.82) is 0 Å². The van der Waals surface area contributed by atoms with Gasteiger partial charge >= 0.3 is 0 Å². The van der Waals surface area contributed by atoms with Gasteiger partial charge < -0.3 is 24.5 Å². The maximum Gasteiger partial charge on any atom is 0.253 e. The SMILES string of the molecule is C=CCN(CCC)C(=O)[C@@H]1[C@H]2C(=O)N(CCCO)C(C(=O)N(CC=C)c3ccc(Cl)cc3)C23CC(C)[C@@]1(C)O3. The highest BCUT2D eigenvalue weighted by Crippen LogP contribution is 2.65. The molecule has 0 saturated carbocycles. The van der Waals surface area contributed by atoms with Gasteiger partial charge in [-0.25, -0.2) is 0 Å². The van der Waals surface area contributed by atoms with Gasteiger partial charge in [-0.2, -0.15) is 0 Å². The lowest BCUT2D eigenvalue weighted by atomic mass is 9.62. The number of rotatable bonds is 12. The fourth-order valence-corrected chi connectivity index (χ4v) is 7.14. The number of fused-ring (bicyclic) bond motifs is 1. The third-order valence-electron chi connectivity index (χ3n) is 8.74. The molecule has 3 saturated heterocycles. The molecule has 1 spiro atoms. The highest BCUT2D eigenvalue weighted by atomic mass is 35.5. The maximum atomic E-state index is 14.5. The minimum absolute atomic E-state index is 0.0563. The van der Waals surface area contributed by atoms with Crippen molar-refractivity contribution in [3.63, 3.8) is 0 Å². The first kappa shape index (κ1) is 29.3. The van der Waals surface area contributed by atoms with Crippen molar-refractivity contribution in [2.24, 2.45) is 17.8 Å². The molecule has 39 heavy (non-hydrogen) atoms. The lowest BCUT2D eigenvalue weighted by Crippen LogP contribution is -2.57. The van der Waals surface area contributed by atoms with Gasteiger partial charge in [0.2, 0.25) is 11.8 Å². The molecule has 8 nitrogen and oxygen atoms in total. The van der Waals surface area contributed by atoms with Gasteiger partial charge in [-0.3, -0.25) is 14.4 Å². The first-order valence-electron chi connectivity index (χ1n) is 13.8. The zero-order valence-electron chi connectivity index (χ0n) is 23.1. The zero-order chi connectivity index (χ0) is 28.5. The number of hydrogen-bond donors (Lipinski definition) is 1. The summed E-state index contributed by atoms with van der Waals surface area (Å²) in [6, 6.07) is 5.99. The molecular weight excluding hydrogens is 518 g/mol. The maximum absolute atomic E-state index is 14.5.